The molecule has 1 aromatic carbocycles. The fourth-order valence-corrected chi connectivity index (χ4v) is 3.21. The molecule has 0 radical (unpaired) electrons. The van der Waals surface area contributed by atoms with Gasteiger partial charge < -0.3 is 19.7 Å². The SMILES string of the molecule is O=C(O)CCCOc1ccc(NC(=O)CCc2nc(C3CCCC3)no2)cc1. The molecule has 2 N–H and O–H groups in total. The van der Waals surface area contributed by atoms with Crippen LogP contribution in [0.25, 0.3) is 0 Å². The second-order valence-electron chi connectivity index (χ2n) is 6.95. The van der Waals surface area contributed by atoms with E-state index in [2.05, 4.69) is 15.5 Å². The molecule has 1 aliphatic carbocycles. The van der Waals surface area contributed by atoms with Crippen LogP contribution in [0.15, 0.2) is 28.8 Å². The number of anilines is 1. The van der Waals surface area contributed by atoms with E-state index >= 15 is 0 Å². The van der Waals surface area contributed by atoms with Crippen LogP contribution in [0.5, 0.6) is 5.75 Å². The zero-order chi connectivity index (χ0) is 19.8. The molecular weight excluding hydrogens is 362 g/mol. The van der Waals surface area contributed by atoms with Crippen LogP contribution in [-0.2, 0) is 16.0 Å². The van der Waals surface area contributed by atoms with E-state index in [1.165, 1.54) is 12.8 Å². The van der Waals surface area contributed by atoms with Gasteiger partial charge in [0.2, 0.25) is 11.8 Å². The fraction of sp³-hybridized carbons (Fsp3) is 0.500. The summed E-state index contributed by atoms with van der Waals surface area (Å²) < 4.78 is 10.7. The summed E-state index contributed by atoms with van der Waals surface area (Å²) in [5.41, 5.74) is 0.667. The number of carboxylic acid groups (broad SMARTS) is 1. The van der Waals surface area contributed by atoms with Crippen molar-refractivity contribution in [3.63, 3.8) is 0 Å². The average molecular weight is 387 g/mol. The van der Waals surface area contributed by atoms with E-state index in [0.29, 0.717) is 42.7 Å². The first kappa shape index (κ1) is 19.9. The normalized spacial score (nSPS) is 14.1. The predicted molar refractivity (Wildman–Crippen MR) is 101 cm³/mol. The second-order valence-corrected chi connectivity index (χ2v) is 6.95. The number of amides is 1. The smallest absolute Gasteiger partial charge is 0.303 e. The van der Waals surface area contributed by atoms with Crippen LogP contribution in [0.4, 0.5) is 5.69 Å². The number of carbonyl (C=O) groups excluding carboxylic acids is 1. The van der Waals surface area contributed by atoms with E-state index in [1.807, 2.05) is 0 Å². The number of nitrogens with one attached hydrogen (secondary N) is 1. The number of carbonyl (C=O) groups is 2. The molecule has 1 amide bonds. The van der Waals surface area contributed by atoms with Crippen molar-refractivity contribution < 1.29 is 24.0 Å². The molecule has 1 fully saturated rings. The lowest BCUT2D eigenvalue weighted by Crippen LogP contribution is -2.12. The van der Waals surface area contributed by atoms with Gasteiger partial charge in [0, 0.05) is 30.9 Å². The zero-order valence-electron chi connectivity index (χ0n) is 15.7. The standard InChI is InChI=1S/C20H25N3O5/c24-17(11-12-18-22-20(23-28-18)14-4-1-2-5-14)21-15-7-9-16(10-8-15)27-13-3-6-19(25)26/h7-10,14H,1-6,11-13H2,(H,21,24)(H,25,26). The lowest BCUT2D eigenvalue weighted by molar-refractivity contribution is -0.137. The number of nitrogens with zero attached hydrogens (tertiary/aromatic N) is 2. The highest BCUT2D eigenvalue weighted by molar-refractivity contribution is 5.90. The number of ether oxygens (including phenoxy) is 1. The van der Waals surface area contributed by atoms with Crippen molar-refractivity contribution >= 4 is 17.6 Å². The van der Waals surface area contributed by atoms with Crippen molar-refractivity contribution in [2.75, 3.05) is 11.9 Å². The summed E-state index contributed by atoms with van der Waals surface area (Å²) in [6.45, 7) is 0.338. The van der Waals surface area contributed by atoms with Gasteiger partial charge in [0.15, 0.2) is 5.82 Å². The van der Waals surface area contributed by atoms with Crippen LogP contribution in [-0.4, -0.2) is 33.7 Å². The Morgan fingerprint density at radius 1 is 1.18 bits per heavy atom. The first-order valence-corrected chi connectivity index (χ1v) is 9.67. The number of hydrogen-bond donors (Lipinski definition) is 2. The van der Waals surface area contributed by atoms with Crippen molar-refractivity contribution in [3.8, 4) is 5.75 Å². The number of aromatic nitrogens is 2. The van der Waals surface area contributed by atoms with Crippen LogP contribution >= 0.6 is 0 Å². The van der Waals surface area contributed by atoms with Gasteiger partial charge in [0.25, 0.3) is 0 Å². The van der Waals surface area contributed by atoms with Crippen LogP contribution in [0, 0.1) is 0 Å². The maximum atomic E-state index is 12.1. The molecule has 0 spiro atoms. The van der Waals surface area contributed by atoms with Gasteiger partial charge in [-0.2, -0.15) is 4.98 Å². The van der Waals surface area contributed by atoms with Gasteiger partial charge in [0.05, 0.1) is 6.61 Å². The number of rotatable bonds is 10. The van der Waals surface area contributed by atoms with Crippen LogP contribution in [0.1, 0.15) is 62.6 Å². The topological polar surface area (TPSA) is 115 Å². The highest BCUT2D eigenvalue weighted by Crippen LogP contribution is 2.32. The molecule has 1 aromatic heterocycles. The molecule has 2 aromatic rings. The molecule has 1 saturated carbocycles. The summed E-state index contributed by atoms with van der Waals surface area (Å²) in [4.78, 5) is 27.0. The molecule has 3 rings (SSSR count). The first-order chi connectivity index (χ1) is 13.6. The summed E-state index contributed by atoms with van der Waals surface area (Å²) >= 11 is 0. The minimum Gasteiger partial charge on any atom is -0.494 e. The number of hydrogen-bond acceptors (Lipinski definition) is 6. The number of carboxylic acids is 1. The Morgan fingerprint density at radius 2 is 1.93 bits per heavy atom. The summed E-state index contributed by atoms with van der Waals surface area (Å²) in [6.07, 6.45) is 5.85. The largest absolute Gasteiger partial charge is 0.494 e. The summed E-state index contributed by atoms with van der Waals surface area (Å²) in [6, 6.07) is 6.97. The Balaban J connectivity index is 1.39. The Morgan fingerprint density at radius 3 is 2.64 bits per heavy atom. The van der Waals surface area contributed by atoms with Crippen LogP contribution in [0.3, 0.4) is 0 Å². The lowest BCUT2D eigenvalue weighted by atomic mass is 10.1. The molecule has 0 aliphatic heterocycles. The summed E-state index contributed by atoms with van der Waals surface area (Å²) in [5, 5.41) is 15.5. The molecule has 8 heteroatoms. The van der Waals surface area contributed by atoms with Crippen molar-refractivity contribution in [1.29, 1.82) is 0 Å². The van der Waals surface area contributed by atoms with Crippen LogP contribution in [0.2, 0.25) is 0 Å². The van der Waals surface area contributed by atoms with Crippen molar-refractivity contribution in [2.45, 2.75) is 57.3 Å². The second kappa shape index (κ2) is 9.87. The highest BCUT2D eigenvalue weighted by atomic mass is 16.5. The van der Waals surface area contributed by atoms with E-state index in [1.54, 1.807) is 24.3 Å². The predicted octanol–water partition coefficient (Wildman–Crippen LogP) is 3.54. The minimum atomic E-state index is -0.836. The van der Waals surface area contributed by atoms with Gasteiger partial charge >= 0.3 is 5.97 Å². The van der Waals surface area contributed by atoms with Gasteiger partial charge in [-0.3, -0.25) is 9.59 Å². The van der Waals surface area contributed by atoms with Crippen molar-refractivity contribution in [1.82, 2.24) is 10.1 Å². The van der Waals surface area contributed by atoms with Crippen LogP contribution < -0.4 is 10.1 Å². The zero-order valence-corrected chi connectivity index (χ0v) is 15.7. The molecule has 28 heavy (non-hydrogen) atoms. The first-order valence-electron chi connectivity index (χ1n) is 9.67. The van der Waals surface area contributed by atoms with E-state index in [0.717, 1.165) is 18.7 Å². The fourth-order valence-electron chi connectivity index (χ4n) is 3.21. The maximum absolute atomic E-state index is 12.1. The molecular formula is C20H25N3O5. The monoisotopic (exact) mass is 387 g/mol. The number of aliphatic carboxylic acids is 1. The average Bonchev–Trinajstić information content (AvgIpc) is 3.36. The van der Waals surface area contributed by atoms with Gasteiger partial charge in [-0.05, 0) is 43.5 Å². The molecule has 1 aliphatic rings. The Kier molecular flexibility index (Phi) is 7.00. The van der Waals surface area contributed by atoms with E-state index in [4.69, 9.17) is 14.4 Å². The molecule has 0 saturated heterocycles. The molecule has 0 atom stereocenters. The van der Waals surface area contributed by atoms with E-state index in [-0.39, 0.29) is 18.7 Å². The summed E-state index contributed by atoms with van der Waals surface area (Å²) in [7, 11) is 0. The number of benzene rings is 1. The summed E-state index contributed by atoms with van der Waals surface area (Å²) in [5.74, 6) is 1.34. The molecule has 150 valence electrons. The Bertz CT molecular complexity index is 781. The quantitative estimate of drug-likeness (QED) is 0.599. The molecule has 8 nitrogen and oxygen atoms in total. The van der Waals surface area contributed by atoms with E-state index < -0.39 is 5.97 Å². The van der Waals surface area contributed by atoms with E-state index in [9.17, 15) is 9.59 Å². The third-order valence-corrected chi connectivity index (χ3v) is 4.71. The van der Waals surface area contributed by atoms with Gasteiger partial charge in [-0.15, -0.1) is 0 Å². The van der Waals surface area contributed by atoms with Crippen molar-refractivity contribution in [3.05, 3.63) is 36.0 Å². The maximum Gasteiger partial charge on any atom is 0.303 e. The molecule has 0 bridgehead atoms. The number of aryl methyl sites for hydroxylation is 1. The Hall–Kier alpha value is -2.90. The molecule has 0 unspecified atom stereocenters. The van der Waals surface area contributed by atoms with Gasteiger partial charge in [0.1, 0.15) is 5.75 Å². The third kappa shape index (κ3) is 6.07. The molecule has 1 heterocycles. The lowest BCUT2D eigenvalue weighted by Gasteiger charge is -2.07. The third-order valence-electron chi connectivity index (χ3n) is 4.71. The minimum absolute atomic E-state index is 0.0797. The Labute approximate surface area is 163 Å². The van der Waals surface area contributed by atoms with Gasteiger partial charge in [-0.25, -0.2) is 0 Å². The highest BCUT2D eigenvalue weighted by Gasteiger charge is 2.22. The van der Waals surface area contributed by atoms with Crippen molar-refractivity contribution in [2.24, 2.45) is 0 Å². The van der Waals surface area contributed by atoms with Gasteiger partial charge in [-0.1, -0.05) is 18.0 Å².